The van der Waals surface area contributed by atoms with Gasteiger partial charge >= 0.3 is 0 Å². The lowest BCUT2D eigenvalue weighted by atomic mass is 10.1. The van der Waals surface area contributed by atoms with Crippen LogP contribution in [0.1, 0.15) is 0 Å². The van der Waals surface area contributed by atoms with E-state index in [9.17, 15) is 0 Å². The van der Waals surface area contributed by atoms with Crippen molar-refractivity contribution in [3.05, 3.63) is 67.8 Å². The lowest BCUT2D eigenvalue weighted by molar-refractivity contribution is 0.409. The maximum atomic E-state index is 6.01. The van der Waals surface area contributed by atoms with Crippen molar-refractivity contribution in [2.24, 2.45) is 0 Å². The smallest absolute Gasteiger partial charge is 0.231 e. The van der Waals surface area contributed by atoms with E-state index in [1.165, 1.54) is 16.0 Å². The van der Waals surface area contributed by atoms with Crippen LogP contribution in [0, 0.1) is 0 Å². The SMILES string of the molecule is C=CC[Si](CC=C)(OC)c1cccc2ccccc12. The average Bonchev–Trinajstić information content (AvgIpc) is 2.46. The largest absolute Gasteiger partial charge is 0.415 e. The second-order valence-corrected chi connectivity index (χ2v) is 8.46. The molecular weight excluding hydrogens is 248 g/mol. The molecule has 0 aliphatic rings. The molecule has 0 heterocycles. The Bertz CT molecular complexity index is 573. The molecule has 0 aliphatic carbocycles. The molecule has 0 radical (unpaired) electrons. The Hall–Kier alpha value is -1.64. The third-order valence-electron chi connectivity index (χ3n) is 3.62. The van der Waals surface area contributed by atoms with Gasteiger partial charge in [-0.2, -0.15) is 0 Å². The van der Waals surface area contributed by atoms with Gasteiger partial charge in [-0.05, 0) is 28.0 Å². The molecule has 1 nitrogen and oxygen atoms in total. The molecule has 98 valence electrons. The Morgan fingerprint density at radius 1 is 1.00 bits per heavy atom. The molecule has 0 bridgehead atoms. The molecule has 0 aromatic heterocycles. The summed E-state index contributed by atoms with van der Waals surface area (Å²) < 4.78 is 6.01. The first-order valence-electron chi connectivity index (χ1n) is 6.52. The summed E-state index contributed by atoms with van der Waals surface area (Å²) in [7, 11) is -0.226. The minimum Gasteiger partial charge on any atom is -0.415 e. The van der Waals surface area contributed by atoms with Crippen LogP contribution >= 0.6 is 0 Å². The Balaban J connectivity index is 2.67. The van der Waals surface area contributed by atoms with Gasteiger partial charge < -0.3 is 4.43 Å². The summed E-state index contributed by atoms with van der Waals surface area (Å²) in [5, 5.41) is 3.90. The van der Waals surface area contributed by atoms with Gasteiger partial charge in [-0.3, -0.25) is 0 Å². The fraction of sp³-hybridized carbons (Fsp3) is 0.176. The van der Waals surface area contributed by atoms with Crippen LogP contribution in [0.25, 0.3) is 10.8 Å². The van der Waals surface area contributed by atoms with Crippen molar-refractivity contribution in [3.8, 4) is 0 Å². The molecular formula is C17H20OSi. The average molecular weight is 268 g/mol. The van der Waals surface area contributed by atoms with Crippen LogP contribution in [-0.4, -0.2) is 15.4 Å². The third kappa shape index (κ3) is 2.55. The molecule has 2 rings (SSSR count). The number of benzene rings is 2. The second kappa shape index (κ2) is 6.00. The van der Waals surface area contributed by atoms with Gasteiger partial charge in [-0.1, -0.05) is 54.6 Å². The Kier molecular flexibility index (Phi) is 4.35. The van der Waals surface area contributed by atoms with Crippen LogP contribution in [0.5, 0.6) is 0 Å². The summed E-state index contributed by atoms with van der Waals surface area (Å²) >= 11 is 0. The molecule has 0 unspecified atom stereocenters. The van der Waals surface area contributed by atoms with E-state index in [0.29, 0.717) is 0 Å². The molecule has 2 heteroatoms. The second-order valence-electron chi connectivity index (χ2n) is 4.71. The van der Waals surface area contributed by atoms with E-state index in [1.54, 1.807) is 0 Å². The summed E-state index contributed by atoms with van der Waals surface area (Å²) in [5.74, 6) is 0. The molecule has 0 saturated carbocycles. The molecule has 0 aliphatic heterocycles. The normalized spacial score (nSPS) is 11.4. The minimum atomic E-state index is -2.05. The van der Waals surface area contributed by atoms with Crippen molar-refractivity contribution >= 4 is 24.3 Å². The fourth-order valence-corrected chi connectivity index (χ4v) is 5.88. The zero-order chi connectivity index (χ0) is 13.7. The Morgan fingerprint density at radius 2 is 1.63 bits per heavy atom. The predicted octanol–water partition coefficient (Wildman–Crippen LogP) is 4.01. The maximum Gasteiger partial charge on any atom is 0.231 e. The van der Waals surface area contributed by atoms with Crippen molar-refractivity contribution in [2.75, 3.05) is 7.11 Å². The van der Waals surface area contributed by atoms with E-state index >= 15 is 0 Å². The third-order valence-corrected chi connectivity index (χ3v) is 7.71. The van der Waals surface area contributed by atoms with Crippen LogP contribution in [0.15, 0.2) is 67.8 Å². The number of hydrogen-bond acceptors (Lipinski definition) is 1. The number of hydrogen-bond donors (Lipinski definition) is 0. The van der Waals surface area contributed by atoms with Crippen LogP contribution in [-0.2, 0) is 4.43 Å². The summed E-state index contributed by atoms with van der Waals surface area (Å²) in [6.45, 7) is 7.80. The number of allylic oxidation sites excluding steroid dienone is 2. The van der Waals surface area contributed by atoms with Gasteiger partial charge in [0.05, 0.1) is 0 Å². The number of rotatable bonds is 6. The van der Waals surface area contributed by atoms with E-state index in [1.807, 2.05) is 19.3 Å². The van der Waals surface area contributed by atoms with E-state index in [0.717, 1.165) is 12.1 Å². The molecule has 0 N–H and O–H groups in total. The first kappa shape index (κ1) is 13.8. The molecule has 0 fully saturated rings. The van der Waals surface area contributed by atoms with Gasteiger partial charge in [0.15, 0.2) is 0 Å². The zero-order valence-electron chi connectivity index (χ0n) is 11.4. The highest BCUT2D eigenvalue weighted by molar-refractivity contribution is 6.89. The summed E-state index contributed by atoms with van der Waals surface area (Å²) in [6, 6.07) is 16.8. The fourth-order valence-electron chi connectivity index (χ4n) is 2.67. The van der Waals surface area contributed by atoms with Crippen molar-refractivity contribution in [1.29, 1.82) is 0 Å². The van der Waals surface area contributed by atoms with E-state index < -0.39 is 8.32 Å². The highest BCUT2D eigenvalue weighted by Crippen LogP contribution is 2.23. The topological polar surface area (TPSA) is 9.23 Å². The maximum absolute atomic E-state index is 6.01. The van der Waals surface area contributed by atoms with Gasteiger partial charge in [0, 0.05) is 7.11 Å². The van der Waals surface area contributed by atoms with Gasteiger partial charge in [-0.15, -0.1) is 13.2 Å². The highest BCUT2D eigenvalue weighted by atomic mass is 28.4. The van der Waals surface area contributed by atoms with Crippen molar-refractivity contribution in [3.63, 3.8) is 0 Å². The van der Waals surface area contributed by atoms with E-state index in [2.05, 4.69) is 55.6 Å². The Morgan fingerprint density at radius 3 is 2.26 bits per heavy atom. The first-order valence-corrected chi connectivity index (χ1v) is 8.85. The monoisotopic (exact) mass is 268 g/mol. The quantitative estimate of drug-likeness (QED) is 0.568. The predicted molar refractivity (Wildman–Crippen MR) is 86.4 cm³/mol. The lowest BCUT2D eigenvalue weighted by Gasteiger charge is -2.29. The van der Waals surface area contributed by atoms with Crippen LogP contribution in [0.3, 0.4) is 0 Å². The van der Waals surface area contributed by atoms with Crippen LogP contribution in [0.2, 0.25) is 12.1 Å². The van der Waals surface area contributed by atoms with E-state index in [4.69, 9.17) is 4.43 Å². The van der Waals surface area contributed by atoms with Crippen LogP contribution < -0.4 is 5.19 Å². The lowest BCUT2D eigenvalue weighted by Crippen LogP contribution is -2.49. The van der Waals surface area contributed by atoms with Gasteiger partial charge in [0.1, 0.15) is 0 Å². The van der Waals surface area contributed by atoms with Gasteiger partial charge in [0.2, 0.25) is 8.32 Å². The van der Waals surface area contributed by atoms with E-state index in [-0.39, 0.29) is 0 Å². The standard InChI is InChI=1S/C17H20OSi/c1-4-13-19(18-3,14-5-2)17-12-8-10-15-9-6-7-11-16(15)17/h4-12H,1-2,13-14H2,3H3. The summed E-state index contributed by atoms with van der Waals surface area (Å²) in [5.41, 5.74) is 0. The molecule has 0 spiro atoms. The van der Waals surface area contributed by atoms with Crippen molar-refractivity contribution in [2.45, 2.75) is 12.1 Å². The van der Waals surface area contributed by atoms with Crippen molar-refractivity contribution in [1.82, 2.24) is 0 Å². The molecule has 2 aromatic rings. The first-order chi connectivity index (χ1) is 9.27. The van der Waals surface area contributed by atoms with Gasteiger partial charge in [-0.25, -0.2) is 0 Å². The van der Waals surface area contributed by atoms with Gasteiger partial charge in [0.25, 0.3) is 0 Å². The Labute approximate surface area is 116 Å². The van der Waals surface area contributed by atoms with Crippen molar-refractivity contribution < 1.29 is 4.43 Å². The minimum absolute atomic E-state index is 0.906. The molecule has 0 atom stereocenters. The molecule has 0 amide bonds. The molecule has 2 aromatic carbocycles. The highest BCUT2D eigenvalue weighted by Gasteiger charge is 2.34. The summed E-state index contributed by atoms with van der Waals surface area (Å²) in [4.78, 5) is 0. The number of fused-ring (bicyclic) bond motifs is 1. The molecule has 19 heavy (non-hydrogen) atoms. The molecule has 0 saturated heterocycles. The zero-order valence-corrected chi connectivity index (χ0v) is 12.4. The summed E-state index contributed by atoms with van der Waals surface area (Å²) in [6.07, 6.45) is 3.95. The van der Waals surface area contributed by atoms with Crippen LogP contribution in [0.4, 0.5) is 0 Å².